The molecule has 0 rings (SSSR count). The van der Waals surface area contributed by atoms with Crippen molar-refractivity contribution in [1.29, 1.82) is 0 Å². The Hall–Kier alpha value is -0.160. The van der Waals surface area contributed by atoms with Crippen LogP contribution in [0.2, 0.25) is 0 Å². The SMILES string of the molecule is NCCC(O)CC(N)O. The van der Waals surface area contributed by atoms with E-state index in [-0.39, 0.29) is 6.42 Å². The van der Waals surface area contributed by atoms with Crippen molar-refractivity contribution in [2.24, 2.45) is 11.5 Å². The molecule has 0 aromatic carbocycles. The Balaban J connectivity index is 3.15. The molecule has 0 saturated carbocycles. The van der Waals surface area contributed by atoms with E-state index in [0.717, 1.165) is 0 Å². The lowest BCUT2D eigenvalue weighted by Gasteiger charge is -2.09. The second-order valence-corrected chi connectivity index (χ2v) is 2.03. The predicted octanol–water partition coefficient (Wildman–Crippen LogP) is -1.64. The smallest absolute Gasteiger partial charge is 0.104 e. The van der Waals surface area contributed by atoms with E-state index in [1.54, 1.807) is 0 Å². The summed E-state index contributed by atoms with van der Waals surface area (Å²) in [6, 6.07) is 0. The molecule has 0 aliphatic carbocycles. The first-order valence-electron chi connectivity index (χ1n) is 2.98. The van der Waals surface area contributed by atoms with Crippen LogP contribution in [0.15, 0.2) is 0 Å². The first-order chi connectivity index (χ1) is 4.16. The molecular formula is C5H14N2O2. The van der Waals surface area contributed by atoms with Crippen molar-refractivity contribution in [2.45, 2.75) is 25.2 Å². The third-order valence-electron chi connectivity index (χ3n) is 1.01. The highest BCUT2D eigenvalue weighted by atomic mass is 16.3. The zero-order chi connectivity index (χ0) is 7.28. The van der Waals surface area contributed by atoms with Gasteiger partial charge in [-0.3, -0.25) is 0 Å². The fourth-order valence-electron chi connectivity index (χ4n) is 0.589. The Morgan fingerprint density at radius 3 is 2.22 bits per heavy atom. The molecule has 4 heteroatoms. The minimum absolute atomic E-state index is 0.206. The van der Waals surface area contributed by atoms with Gasteiger partial charge < -0.3 is 21.7 Å². The summed E-state index contributed by atoms with van der Waals surface area (Å²) in [6.07, 6.45) is -0.785. The lowest BCUT2D eigenvalue weighted by atomic mass is 10.2. The van der Waals surface area contributed by atoms with Gasteiger partial charge in [0.1, 0.15) is 6.23 Å². The molecule has 0 aliphatic rings. The van der Waals surface area contributed by atoms with Gasteiger partial charge in [0.2, 0.25) is 0 Å². The molecule has 0 saturated heterocycles. The number of hydrogen-bond acceptors (Lipinski definition) is 4. The van der Waals surface area contributed by atoms with Crippen molar-refractivity contribution in [1.82, 2.24) is 0 Å². The molecule has 9 heavy (non-hydrogen) atoms. The van der Waals surface area contributed by atoms with Gasteiger partial charge in [-0.05, 0) is 13.0 Å². The van der Waals surface area contributed by atoms with E-state index in [1.807, 2.05) is 0 Å². The van der Waals surface area contributed by atoms with Gasteiger partial charge in [-0.25, -0.2) is 0 Å². The standard InChI is InChI=1S/C5H14N2O2/c6-2-1-4(8)3-5(7)9/h4-5,8-9H,1-3,6-7H2. The van der Waals surface area contributed by atoms with E-state index in [1.165, 1.54) is 0 Å². The Kier molecular flexibility index (Phi) is 4.61. The normalized spacial score (nSPS) is 17.3. The number of aliphatic hydroxyl groups is 2. The summed E-state index contributed by atoms with van der Waals surface area (Å²) in [5.74, 6) is 0. The van der Waals surface area contributed by atoms with Crippen LogP contribution in [0.4, 0.5) is 0 Å². The highest BCUT2D eigenvalue weighted by Crippen LogP contribution is 1.96. The second-order valence-electron chi connectivity index (χ2n) is 2.03. The van der Waals surface area contributed by atoms with Crippen LogP contribution in [-0.4, -0.2) is 29.1 Å². The van der Waals surface area contributed by atoms with E-state index < -0.39 is 12.3 Å². The van der Waals surface area contributed by atoms with E-state index in [2.05, 4.69) is 0 Å². The molecule has 0 heterocycles. The summed E-state index contributed by atoms with van der Waals surface area (Å²) in [5, 5.41) is 17.4. The number of rotatable bonds is 4. The summed E-state index contributed by atoms with van der Waals surface area (Å²) >= 11 is 0. The average Bonchev–Trinajstić information content (AvgIpc) is 1.63. The molecule has 0 spiro atoms. The van der Waals surface area contributed by atoms with Crippen LogP contribution >= 0.6 is 0 Å². The maximum Gasteiger partial charge on any atom is 0.104 e. The maximum atomic E-state index is 8.90. The summed E-state index contributed by atoms with van der Waals surface area (Å²) < 4.78 is 0. The molecule has 0 aromatic rings. The van der Waals surface area contributed by atoms with Crippen molar-refractivity contribution < 1.29 is 10.2 Å². The number of nitrogens with two attached hydrogens (primary N) is 2. The van der Waals surface area contributed by atoms with Crippen molar-refractivity contribution >= 4 is 0 Å². The van der Waals surface area contributed by atoms with E-state index >= 15 is 0 Å². The predicted molar refractivity (Wildman–Crippen MR) is 34.5 cm³/mol. The topological polar surface area (TPSA) is 92.5 Å². The van der Waals surface area contributed by atoms with Crippen LogP contribution in [0.3, 0.4) is 0 Å². The first-order valence-corrected chi connectivity index (χ1v) is 2.98. The molecular weight excluding hydrogens is 120 g/mol. The van der Waals surface area contributed by atoms with Gasteiger partial charge in [0, 0.05) is 6.42 Å². The van der Waals surface area contributed by atoms with E-state index in [4.69, 9.17) is 21.7 Å². The van der Waals surface area contributed by atoms with Gasteiger partial charge in [-0.1, -0.05) is 0 Å². The molecule has 0 bridgehead atoms. The molecule has 0 fully saturated rings. The molecule has 6 N–H and O–H groups in total. The van der Waals surface area contributed by atoms with Crippen LogP contribution in [0.1, 0.15) is 12.8 Å². The zero-order valence-corrected chi connectivity index (χ0v) is 5.33. The van der Waals surface area contributed by atoms with Crippen molar-refractivity contribution in [3.8, 4) is 0 Å². The molecule has 0 aliphatic heterocycles. The summed E-state index contributed by atoms with van der Waals surface area (Å²) in [5.41, 5.74) is 10.1. The lowest BCUT2D eigenvalue weighted by molar-refractivity contribution is 0.0807. The van der Waals surface area contributed by atoms with Crippen molar-refractivity contribution in [2.75, 3.05) is 6.54 Å². The van der Waals surface area contributed by atoms with Gasteiger partial charge >= 0.3 is 0 Å². The minimum atomic E-state index is -0.924. The quantitative estimate of drug-likeness (QED) is 0.347. The molecule has 4 nitrogen and oxygen atoms in total. The monoisotopic (exact) mass is 134 g/mol. The summed E-state index contributed by atoms with van der Waals surface area (Å²) in [6.45, 7) is 0.424. The van der Waals surface area contributed by atoms with E-state index in [0.29, 0.717) is 13.0 Å². The Labute approximate surface area is 54.5 Å². The van der Waals surface area contributed by atoms with Crippen molar-refractivity contribution in [3.05, 3.63) is 0 Å². The van der Waals surface area contributed by atoms with Crippen molar-refractivity contribution in [3.63, 3.8) is 0 Å². The molecule has 2 unspecified atom stereocenters. The number of hydrogen-bond donors (Lipinski definition) is 4. The first kappa shape index (κ1) is 8.84. The fourth-order valence-corrected chi connectivity index (χ4v) is 0.589. The van der Waals surface area contributed by atoms with E-state index in [9.17, 15) is 0 Å². The lowest BCUT2D eigenvalue weighted by Crippen LogP contribution is -2.26. The van der Waals surface area contributed by atoms with Crippen LogP contribution in [0.25, 0.3) is 0 Å². The van der Waals surface area contributed by atoms with Gasteiger partial charge in [-0.2, -0.15) is 0 Å². The van der Waals surface area contributed by atoms with Crippen LogP contribution < -0.4 is 11.5 Å². The Morgan fingerprint density at radius 1 is 1.33 bits per heavy atom. The largest absolute Gasteiger partial charge is 0.393 e. The van der Waals surface area contributed by atoms with Gasteiger partial charge in [0.25, 0.3) is 0 Å². The summed E-state index contributed by atoms with van der Waals surface area (Å²) in [7, 11) is 0. The maximum absolute atomic E-state index is 8.90. The highest BCUT2D eigenvalue weighted by molar-refractivity contribution is 4.58. The molecule has 56 valence electrons. The van der Waals surface area contributed by atoms with Gasteiger partial charge in [0.05, 0.1) is 6.10 Å². The second kappa shape index (κ2) is 4.69. The summed E-state index contributed by atoms with van der Waals surface area (Å²) in [4.78, 5) is 0. The Bertz CT molecular complexity index is 68.0. The molecule has 2 atom stereocenters. The van der Waals surface area contributed by atoms with Crippen LogP contribution in [-0.2, 0) is 0 Å². The van der Waals surface area contributed by atoms with Crippen LogP contribution in [0, 0.1) is 0 Å². The number of aliphatic hydroxyl groups excluding tert-OH is 2. The zero-order valence-electron chi connectivity index (χ0n) is 5.33. The molecule has 0 aromatic heterocycles. The van der Waals surface area contributed by atoms with Crippen LogP contribution in [0.5, 0.6) is 0 Å². The molecule has 0 radical (unpaired) electrons. The van der Waals surface area contributed by atoms with Gasteiger partial charge in [0.15, 0.2) is 0 Å². The third kappa shape index (κ3) is 5.72. The van der Waals surface area contributed by atoms with Gasteiger partial charge in [-0.15, -0.1) is 0 Å². The minimum Gasteiger partial charge on any atom is -0.393 e. The third-order valence-corrected chi connectivity index (χ3v) is 1.01. The fraction of sp³-hybridized carbons (Fsp3) is 1.00. The molecule has 0 amide bonds. The highest BCUT2D eigenvalue weighted by Gasteiger charge is 2.05. The average molecular weight is 134 g/mol. The Morgan fingerprint density at radius 2 is 1.89 bits per heavy atom.